The number of benzene rings is 1. The molecule has 0 atom stereocenters. The molecular weight excluding hydrogens is 338 g/mol. The van der Waals surface area contributed by atoms with Crippen molar-refractivity contribution in [3.05, 3.63) is 47.1 Å². The molecule has 0 unspecified atom stereocenters. The summed E-state index contributed by atoms with van der Waals surface area (Å²) in [6.45, 7) is 2.01. The molecule has 2 fully saturated rings. The van der Waals surface area contributed by atoms with E-state index in [1.807, 2.05) is 41.3 Å². The van der Waals surface area contributed by atoms with Crippen molar-refractivity contribution < 1.29 is 9.59 Å². The first-order valence-corrected chi connectivity index (χ1v) is 8.98. The Balaban J connectivity index is 1.45. The number of likely N-dealkylation sites (tertiary alicyclic amines) is 1. The molecule has 6 heteroatoms. The second-order valence-electron chi connectivity index (χ2n) is 6.87. The average molecular weight is 358 g/mol. The summed E-state index contributed by atoms with van der Waals surface area (Å²) in [6.07, 6.45) is 2.38. The van der Waals surface area contributed by atoms with Crippen LogP contribution < -0.4 is 5.32 Å². The fourth-order valence-corrected chi connectivity index (χ4v) is 3.95. The fraction of sp³-hybridized carbons (Fsp3) is 0.368. The van der Waals surface area contributed by atoms with Gasteiger partial charge in [-0.25, -0.2) is 0 Å². The minimum Gasteiger partial charge on any atom is -0.356 e. The molecule has 130 valence electrons. The number of halogens is 1. The van der Waals surface area contributed by atoms with Crippen molar-refractivity contribution in [1.29, 1.82) is 0 Å². The van der Waals surface area contributed by atoms with E-state index in [0.717, 1.165) is 37.1 Å². The summed E-state index contributed by atoms with van der Waals surface area (Å²) >= 11 is 5.92. The van der Waals surface area contributed by atoms with Gasteiger partial charge in [0.15, 0.2) is 0 Å². The van der Waals surface area contributed by atoms with Gasteiger partial charge in [0.25, 0.3) is 5.91 Å². The molecule has 0 aliphatic carbocycles. The van der Waals surface area contributed by atoms with Crippen LogP contribution in [0.4, 0.5) is 0 Å². The van der Waals surface area contributed by atoms with Crippen LogP contribution in [0.15, 0.2) is 36.4 Å². The normalized spacial score (nSPS) is 19.2. The molecule has 2 aromatic rings. The van der Waals surface area contributed by atoms with Crippen molar-refractivity contribution in [2.75, 3.05) is 19.6 Å². The third kappa shape index (κ3) is 2.93. The maximum absolute atomic E-state index is 12.8. The first kappa shape index (κ1) is 16.2. The number of hydrogen-bond acceptors (Lipinski definition) is 2. The highest BCUT2D eigenvalue weighted by atomic mass is 35.5. The molecule has 4 rings (SSSR count). The second-order valence-corrected chi connectivity index (χ2v) is 7.31. The summed E-state index contributed by atoms with van der Waals surface area (Å²) in [5, 5.41) is 3.61. The van der Waals surface area contributed by atoms with Crippen molar-refractivity contribution in [1.82, 2.24) is 15.2 Å². The van der Waals surface area contributed by atoms with E-state index in [2.05, 4.69) is 10.3 Å². The molecule has 0 radical (unpaired) electrons. The minimum absolute atomic E-state index is 0.00605. The van der Waals surface area contributed by atoms with E-state index in [9.17, 15) is 9.59 Å². The Morgan fingerprint density at radius 3 is 2.40 bits per heavy atom. The van der Waals surface area contributed by atoms with E-state index in [1.165, 1.54) is 0 Å². The molecule has 2 N–H and O–H groups in total. The van der Waals surface area contributed by atoms with Gasteiger partial charge >= 0.3 is 0 Å². The number of hydrogen-bond donors (Lipinski definition) is 2. The van der Waals surface area contributed by atoms with E-state index < -0.39 is 0 Å². The molecule has 1 aromatic carbocycles. The molecule has 25 heavy (non-hydrogen) atoms. The lowest BCUT2D eigenvalue weighted by molar-refractivity contribution is -0.129. The number of aromatic nitrogens is 1. The molecule has 1 aromatic heterocycles. The Hall–Kier alpha value is -2.27. The van der Waals surface area contributed by atoms with Crippen LogP contribution in [0.1, 0.15) is 29.8 Å². The van der Waals surface area contributed by atoms with Gasteiger partial charge < -0.3 is 15.2 Å². The third-order valence-electron chi connectivity index (χ3n) is 5.45. The van der Waals surface area contributed by atoms with Gasteiger partial charge in [-0.05, 0) is 49.1 Å². The summed E-state index contributed by atoms with van der Waals surface area (Å²) in [5.74, 6) is 0.151. The Bertz CT molecular complexity index is 804. The standard InChI is InChI=1S/C19H20ClN3O2/c20-14-3-1-13(2-4-14)15-5-6-16(22-15)17(24)23-11-8-19(9-12-23)7-10-21-18(19)25/h1-6,22H,7-12H2,(H,21,25). The number of nitrogens with one attached hydrogen (secondary N) is 2. The minimum atomic E-state index is -0.249. The van der Waals surface area contributed by atoms with Crippen LogP contribution in [0.2, 0.25) is 5.02 Å². The van der Waals surface area contributed by atoms with E-state index in [-0.39, 0.29) is 17.2 Å². The number of carbonyl (C=O) groups excluding carboxylic acids is 2. The maximum Gasteiger partial charge on any atom is 0.270 e. The summed E-state index contributed by atoms with van der Waals surface area (Å²) in [6, 6.07) is 11.2. The summed E-state index contributed by atoms with van der Waals surface area (Å²) in [7, 11) is 0. The van der Waals surface area contributed by atoms with Crippen molar-refractivity contribution in [3.8, 4) is 11.3 Å². The smallest absolute Gasteiger partial charge is 0.270 e. The first-order valence-electron chi connectivity index (χ1n) is 8.60. The summed E-state index contributed by atoms with van der Waals surface area (Å²) in [4.78, 5) is 29.9. The highest BCUT2D eigenvalue weighted by Crippen LogP contribution is 2.38. The van der Waals surface area contributed by atoms with Crippen molar-refractivity contribution in [3.63, 3.8) is 0 Å². The van der Waals surface area contributed by atoms with E-state index in [4.69, 9.17) is 11.6 Å². The van der Waals surface area contributed by atoms with Gasteiger partial charge in [0.1, 0.15) is 5.69 Å². The zero-order chi connectivity index (χ0) is 17.4. The van der Waals surface area contributed by atoms with Crippen LogP contribution in [-0.2, 0) is 4.79 Å². The van der Waals surface area contributed by atoms with Gasteiger partial charge in [-0.1, -0.05) is 23.7 Å². The van der Waals surface area contributed by atoms with Gasteiger partial charge in [-0.3, -0.25) is 9.59 Å². The van der Waals surface area contributed by atoms with Gasteiger partial charge in [-0.15, -0.1) is 0 Å². The Kier molecular flexibility index (Phi) is 4.04. The third-order valence-corrected chi connectivity index (χ3v) is 5.70. The Labute approximate surface area is 151 Å². The number of aromatic amines is 1. The van der Waals surface area contributed by atoms with Crippen molar-refractivity contribution in [2.24, 2.45) is 5.41 Å². The average Bonchev–Trinajstić information content (AvgIpc) is 3.24. The predicted octanol–water partition coefficient (Wildman–Crippen LogP) is 3.08. The molecule has 1 spiro atoms. The number of rotatable bonds is 2. The molecule has 2 saturated heterocycles. The number of carbonyl (C=O) groups is 2. The van der Waals surface area contributed by atoms with Crippen LogP contribution in [0.5, 0.6) is 0 Å². The number of H-pyrrole nitrogens is 1. The number of nitrogens with zero attached hydrogens (tertiary/aromatic N) is 1. The lowest BCUT2D eigenvalue weighted by atomic mass is 9.77. The number of piperidine rings is 1. The van der Waals surface area contributed by atoms with E-state index in [1.54, 1.807) is 0 Å². The van der Waals surface area contributed by atoms with Crippen LogP contribution in [0.25, 0.3) is 11.3 Å². The van der Waals surface area contributed by atoms with Gasteiger partial charge in [0, 0.05) is 30.4 Å². The number of amides is 2. The zero-order valence-corrected chi connectivity index (χ0v) is 14.6. The lowest BCUT2D eigenvalue weighted by Gasteiger charge is -2.37. The summed E-state index contributed by atoms with van der Waals surface area (Å²) in [5.41, 5.74) is 2.21. The Morgan fingerprint density at radius 2 is 1.76 bits per heavy atom. The lowest BCUT2D eigenvalue weighted by Crippen LogP contribution is -2.46. The molecule has 2 aliphatic heterocycles. The van der Waals surface area contributed by atoms with Crippen molar-refractivity contribution >= 4 is 23.4 Å². The van der Waals surface area contributed by atoms with Crippen molar-refractivity contribution in [2.45, 2.75) is 19.3 Å². The van der Waals surface area contributed by atoms with Crippen LogP contribution >= 0.6 is 11.6 Å². The quantitative estimate of drug-likeness (QED) is 0.867. The fourth-order valence-electron chi connectivity index (χ4n) is 3.82. The molecule has 0 bridgehead atoms. The molecule has 5 nitrogen and oxygen atoms in total. The Morgan fingerprint density at radius 1 is 1.04 bits per heavy atom. The highest BCUT2D eigenvalue weighted by molar-refractivity contribution is 6.30. The maximum atomic E-state index is 12.8. The SMILES string of the molecule is O=C(c1ccc(-c2ccc(Cl)cc2)[nH]1)N1CCC2(CCNC2=O)CC1. The molecule has 2 aliphatic rings. The van der Waals surface area contributed by atoms with E-state index >= 15 is 0 Å². The zero-order valence-electron chi connectivity index (χ0n) is 13.8. The molecule has 0 saturated carbocycles. The highest BCUT2D eigenvalue weighted by Gasteiger charge is 2.45. The first-order chi connectivity index (χ1) is 12.1. The van der Waals surface area contributed by atoms with Crippen LogP contribution in [0.3, 0.4) is 0 Å². The van der Waals surface area contributed by atoms with Crippen LogP contribution in [-0.4, -0.2) is 41.3 Å². The second kappa shape index (κ2) is 6.23. The predicted molar refractivity (Wildman–Crippen MR) is 96.4 cm³/mol. The molecule has 2 amide bonds. The van der Waals surface area contributed by atoms with Crippen LogP contribution in [0, 0.1) is 5.41 Å². The van der Waals surface area contributed by atoms with Gasteiger partial charge in [-0.2, -0.15) is 0 Å². The summed E-state index contributed by atoms with van der Waals surface area (Å²) < 4.78 is 0. The molecule has 3 heterocycles. The topological polar surface area (TPSA) is 65.2 Å². The van der Waals surface area contributed by atoms with Gasteiger partial charge in [0.05, 0.1) is 5.41 Å². The largest absolute Gasteiger partial charge is 0.356 e. The van der Waals surface area contributed by atoms with E-state index in [0.29, 0.717) is 23.8 Å². The monoisotopic (exact) mass is 357 g/mol. The van der Waals surface area contributed by atoms with Gasteiger partial charge in [0.2, 0.25) is 5.91 Å². The molecular formula is C19H20ClN3O2.